The van der Waals surface area contributed by atoms with Crippen LogP contribution in [-0.4, -0.2) is 43.9 Å². The number of sulfonamides is 1. The van der Waals surface area contributed by atoms with Crippen LogP contribution in [0.5, 0.6) is 0 Å². The molecule has 0 N–H and O–H groups in total. The van der Waals surface area contributed by atoms with Gasteiger partial charge in [0.25, 0.3) is 0 Å². The number of benzene rings is 3. The lowest BCUT2D eigenvalue weighted by molar-refractivity contribution is 0.374. The van der Waals surface area contributed by atoms with Gasteiger partial charge in [0.05, 0.1) is 4.90 Å². The van der Waals surface area contributed by atoms with Gasteiger partial charge in [-0.15, -0.1) is 0 Å². The molecule has 1 saturated heterocycles. The molecule has 0 unspecified atom stereocenters. The smallest absolute Gasteiger partial charge is 0.243 e. The molecule has 5 rings (SSSR count). The molecule has 166 valence electrons. The largest absolute Gasteiger partial charge is 0.419 e. The van der Waals surface area contributed by atoms with Gasteiger partial charge in [-0.3, -0.25) is 0 Å². The maximum absolute atomic E-state index is 13.2. The highest BCUT2D eigenvalue weighted by Gasteiger charge is 2.31. The first-order valence-electron chi connectivity index (χ1n) is 10.4. The first-order chi connectivity index (χ1) is 16.0. The highest BCUT2D eigenvalue weighted by molar-refractivity contribution is 7.89. The summed E-state index contributed by atoms with van der Waals surface area (Å²) in [5.74, 6) is 0.189. The molecule has 1 aromatic heterocycles. The summed E-state index contributed by atoms with van der Waals surface area (Å²) in [6.45, 7) is 1.07. The quantitative estimate of drug-likeness (QED) is 0.455. The molecule has 0 aliphatic carbocycles. The predicted molar refractivity (Wildman–Crippen MR) is 122 cm³/mol. The van der Waals surface area contributed by atoms with E-state index >= 15 is 0 Å². The summed E-state index contributed by atoms with van der Waals surface area (Å²) in [7, 11) is -3.73. The van der Waals surface area contributed by atoms with Gasteiger partial charge in [-0.25, -0.2) is 12.8 Å². The zero-order valence-corrected chi connectivity index (χ0v) is 18.3. The Morgan fingerprint density at radius 1 is 0.939 bits per heavy atom. The second-order valence-electron chi connectivity index (χ2n) is 7.66. The first-order valence-corrected chi connectivity index (χ1v) is 11.8. The van der Waals surface area contributed by atoms with Gasteiger partial charge in [0, 0.05) is 31.7 Å². The zero-order chi connectivity index (χ0) is 23.0. The average Bonchev–Trinajstić information content (AvgIpc) is 3.28. The number of nitriles is 1. The Morgan fingerprint density at radius 3 is 2.36 bits per heavy atom. The van der Waals surface area contributed by atoms with Crippen molar-refractivity contribution in [2.45, 2.75) is 4.90 Å². The zero-order valence-electron chi connectivity index (χ0n) is 17.5. The van der Waals surface area contributed by atoms with Crippen LogP contribution in [0.25, 0.3) is 22.2 Å². The van der Waals surface area contributed by atoms with Gasteiger partial charge in [-0.05, 0) is 41.1 Å². The molecule has 0 radical (unpaired) electrons. The van der Waals surface area contributed by atoms with Crippen LogP contribution in [0.15, 0.2) is 76.0 Å². The number of piperazine rings is 1. The van der Waals surface area contributed by atoms with Gasteiger partial charge in [0.15, 0.2) is 0 Å². The Morgan fingerprint density at radius 2 is 1.64 bits per heavy atom. The SMILES string of the molecule is N#Cc1nc(-c2cccc3ccccc23)oc1N1CCN(S(=O)(=O)c2ccc(F)cc2)CC1. The number of halogens is 1. The van der Waals surface area contributed by atoms with E-state index in [9.17, 15) is 18.1 Å². The maximum Gasteiger partial charge on any atom is 0.243 e. The maximum atomic E-state index is 13.2. The molecular formula is C24H19FN4O3S. The van der Waals surface area contributed by atoms with Crippen LogP contribution < -0.4 is 4.90 Å². The fraction of sp³-hybridized carbons (Fsp3) is 0.167. The Labute approximate surface area is 190 Å². The van der Waals surface area contributed by atoms with Gasteiger partial charge in [-0.2, -0.15) is 14.6 Å². The molecule has 0 saturated carbocycles. The molecule has 0 amide bonds. The van der Waals surface area contributed by atoms with Gasteiger partial charge in [-0.1, -0.05) is 36.4 Å². The molecule has 0 atom stereocenters. The molecule has 1 aliphatic rings. The van der Waals surface area contributed by atoms with Crippen molar-refractivity contribution in [3.63, 3.8) is 0 Å². The normalized spacial score (nSPS) is 15.0. The van der Waals surface area contributed by atoms with E-state index in [0.717, 1.165) is 28.5 Å². The monoisotopic (exact) mass is 462 g/mol. The molecular weight excluding hydrogens is 443 g/mol. The van der Waals surface area contributed by atoms with Gasteiger partial charge < -0.3 is 9.32 Å². The van der Waals surface area contributed by atoms with Crippen molar-refractivity contribution in [3.8, 4) is 17.5 Å². The van der Waals surface area contributed by atoms with Crippen molar-refractivity contribution in [2.24, 2.45) is 0 Å². The summed E-state index contributed by atoms with van der Waals surface area (Å²) in [6, 6.07) is 20.5. The van der Waals surface area contributed by atoms with E-state index in [2.05, 4.69) is 11.1 Å². The second kappa shape index (κ2) is 8.31. The van der Waals surface area contributed by atoms with Gasteiger partial charge in [0.2, 0.25) is 27.5 Å². The Bertz CT molecular complexity index is 1460. The summed E-state index contributed by atoms with van der Waals surface area (Å²) >= 11 is 0. The number of nitrogens with zero attached hydrogens (tertiary/aromatic N) is 4. The van der Waals surface area contributed by atoms with E-state index in [1.165, 1.54) is 16.4 Å². The summed E-state index contributed by atoms with van der Waals surface area (Å²) in [5, 5.41) is 11.6. The highest BCUT2D eigenvalue weighted by Crippen LogP contribution is 2.33. The Kier molecular flexibility index (Phi) is 5.32. The van der Waals surface area contributed by atoms with Crippen molar-refractivity contribution in [2.75, 3.05) is 31.1 Å². The van der Waals surface area contributed by atoms with E-state index in [0.29, 0.717) is 24.9 Å². The summed E-state index contributed by atoms with van der Waals surface area (Å²) in [4.78, 5) is 6.29. The molecule has 0 bridgehead atoms. The lowest BCUT2D eigenvalue weighted by Crippen LogP contribution is -2.48. The molecule has 7 nitrogen and oxygen atoms in total. The summed E-state index contributed by atoms with van der Waals surface area (Å²) < 4.78 is 46.3. The second-order valence-corrected chi connectivity index (χ2v) is 9.59. The molecule has 33 heavy (non-hydrogen) atoms. The van der Waals surface area contributed by atoms with E-state index in [4.69, 9.17) is 4.42 Å². The minimum Gasteiger partial charge on any atom is -0.419 e. The van der Waals surface area contributed by atoms with E-state index in [1.807, 2.05) is 47.4 Å². The van der Waals surface area contributed by atoms with Crippen LogP contribution in [0.1, 0.15) is 5.69 Å². The molecule has 4 aromatic rings. The lowest BCUT2D eigenvalue weighted by Gasteiger charge is -2.33. The van der Waals surface area contributed by atoms with Crippen LogP contribution in [0.4, 0.5) is 10.3 Å². The predicted octanol–water partition coefficient (Wildman–Crippen LogP) is 4.02. The summed E-state index contributed by atoms with van der Waals surface area (Å²) in [6.07, 6.45) is 0. The number of hydrogen-bond acceptors (Lipinski definition) is 6. The van der Waals surface area contributed by atoms with Crippen molar-refractivity contribution in [1.82, 2.24) is 9.29 Å². The average molecular weight is 463 g/mol. The fourth-order valence-corrected chi connectivity index (χ4v) is 5.44. The standard InChI is InChI=1S/C24H19FN4O3S/c25-18-8-10-19(11-9-18)33(30,31)29-14-12-28(13-15-29)24-22(16-26)27-23(32-24)21-7-3-5-17-4-1-2-6-20(17)21/h1-11H,12-15H2. The number of aromatic nitrogens is 1. The third-order valence-corrected chi connectivity index (χ3v) is 7.63. The summed E-state index contributed by atoms with van der Waals surface area (Å²) in [5.41, 5.74) is 0.946. The molecule has 3 aromatic carbocycles. The van der Waals surface area contributed by atoms with Crippen LogP contribution in [0, 0.1) is 17.1 Å². The van der Waals surface area contributed by atoms with Gasteiger partial charge >= 0.3 is 0 Å². The highest BCUT2D eigenvalue weighted by atomic mass is 32.2. The van der Waals surface area contributed by atoms with Crippen LogP contribution in [0.2, 0.25) is 0 Å². The minimum absolute atomic E-state index is 0.0490. The molecule has 2 heterocycles. The van der Waals surface area contributed by atoms with E-state index < -0.39 is 15.8 Å². The molecule has 1 fully saturated rings. The number of rotatable bonds is 4. The lowest BCUT2D eigenvalue weighted by atomic mass is 10.0. The topological polar surface area (TPSA) is 90.4 Å². The van der Waals surface area contributed by atoms with Crippen molar-refractivity contribution >= 4 is 26.7 Å². The van der Waals surface area contributed by atoms with Crippen LogP contribution in [0.3, 0.4) is 0 Å². The number of fused-ring (bicyclic) bond motifs is 1. The molecule has 0 spiro atoms. The van der Waals surface area contributed by atoms with Crippen LogP contribution >= 0.6 is 0 Å². The van der Waals surface area contributed by atoms with Crippen molar-refractivity contribution in [1.29, 1.82) is 5.26 Å². The Hall–Kier alpha value is -3.74. The van der Waals surface area contributed by atoms with Crippen molar-refractivity contribution in [3.05, 3.63) is 78.2 Å². The Balaban J connectivity index is 1.40. The molecule has 1 aliphatic heterocycles. The molecule has 9 heteroatoms. The third kappa shape index (κ3) is 3.84. The minimum atomic E-state index is -3.73. The van der Waals surface area contributed by atoms with Gasteiger partial charge in [0.1, 0.15) is 11.9 Å². The van der Waals surface area contributed by atoms with E-state index in [1.54, 1.807) is 0 Å². The number of hydrogen-bond donors (Lipinski definition) is 0. The van der Waals surface area contributed by atoms with Crippen LogP contribution in [-0.2, 0) is 10.0 Å². The first kappa shape index (κ1) is 21.1. The van der Waals surface area contributed by atoms with E-state index in [-0.39, 0.29) is 23.7 Å². The van der Waals surface area contributed by atoms with Crippen molar-refractivity contribution < 1.29 is 17.2 Å². The number of oxazole rings is 1. The third-order valence-electron chi connectivity index (χ3n) is 5.71. The number of anilines is 1. The fourth-order valence-electron chi connectivity index (χ4n) is 4.01.